The Hall–Kier alpha value is -2.39. The first-order valence-corrected chi connectivity index (χ1v) is 9.45. The highest BCUT2D eigenvalue weighted by Crippen LogP contribution is 2.28. The molecular formula is C19H29FN4O4. The van der Waals surface area contributed by atoms with Crippen LogP contribution in [0.1, 0.15) is 26.7 Å². The molecule has 1 heterocycles. The molecule has 3 amide bonds. The summed E-state index contributed by atoms with van der Waals surface area (Å²) in [6.07, 6.45) is 1.09. The van der Waals surface area contributed by atoms with Crippen molar-refractivity contribution < 1.29 is 24.2 Å². The third-order valence-electron chi connectivity index (χ3n) is 5.15. The van der Waals surface area contributed by atoms with Crippen LogP contribution in [0.25, 0.3) is 0 Å². The SMILES string of the molecule is CCC(CO)(CO)NC(=O)Nc1cc(F)ccc1N1CCCN(C(C)=O)CC1. The van der Waals surface area contributed by atoms with Crippen LogP contribution in [0.3, 0.4) is 0 Å². The van der Waals surface area contributed by atoms with Gasteiger partial charge >= 0.3 is 6.03 Å². The van der Waals surface area contributed by atoms with Crippen LogP contribution in [0, 0.1) is 5.82 Å². The summed E-state index contributed by atoms with van der Waals surface area (Å²) in [5, 5.41) is 24.2. The van der Waals surface area contributed by atoms with Crippen molar-refractivity contribution >= 4 is 23.3 Å². The number of halogens is 1. The Morgan fingerprint density at radius 1 is 1.18 bits per heavy atom. The van der Waals surface area contributed by atoms with Gasteiger partial charge in [-0.2, -0.15) is 0 Å². The third-order valence-corrected chi connectivity index (χ3v) is 5.15. The van der Waals surface area contributed by atoms with E-state index >= 15 is 0 Å². The van der Waals surface area contributed by atoms with E-state index in [1.807, 2.05) is 4.90 Å². The van der Waals surface area contributed by atoms with Gasteiger partial charge in [-0.3, -0.25) is 4.79 Å². The van der Waals surface area contributed by atoms with Crippen LogP contribution in [0.2, 0.25) is 0 Å². The van der Waals surface area contributed by atoms with Crippen LogP contribution in [0.4, 0.5) is 20.6 Å². The highest BCUT2D eigenvalue weighted by atomic mass is 19.1. The molecule has 1 aromatic carbocycles. The number of urea groups is 1. The van der Waals surface area contributed by atoms with Gasteiger partial charge in [-0.05, 0) is 31.0 Å². The summed E-state index contributed by atoms with van der Waals surface area (Å²) in [4.78, 5) is 27.8. The van der Waals surface area contributed by atoms with Crippen LogP contribution >= 0.6 is 0 Å². The quantitative estimate of drug-likeness (QED) is 0.577. The van der Waals surface area contributed by atoms with Crippen molar-refractivity contribution in [3.63, 3.8) is 0 Å². The van der Waals surface area contributed by atoms with Crippen molar-refractivity contribution in [2.75, 3.05) is 49.6 Å². The zero-order chi connectivity index (χ0) is 20.7. The summed E-state index contributed by atoms with van der Waals surface area (Å²) in [5.41, 5.74) is -0.214. The average molecular weight is 396 g/mol. The van der Waals surface area contributed by atoms with Gasteiger partial charge in [-0.15, -0.1) is 0 Å². The zero-order valence-corrected chi connectivity index (χ0v) is 16.4. The van der Waals surface area contributed by atoms with E-state index in [4.69, 9.17) is 0 Å². The molecule has 0 saturated carbocycles. The van der Waals surface area contributed by atoms with Gasteiger partial charge in [0.25, 0.3) is 0 Å². The first-order valence-electron chi connectivity index (χ1n) is 9.45. The highest BCUT2D eigenvalue weighted by molar-refractivity contribution is 5.93. The van der Waals surface area contributed by atoms with Gasteiger partial charge in [0.1, 0.15) is 5.82 Å². The van der Waals surface area contributed by atoms with Crippen molar-refractivity contribution in [1.82, 2.24) is 10.2 Å². The molecule has 1 aliphatic rings. The second kappa shape index (κ2) is 9.70. The van der Waals surface area contributed by atoms with Crippen molar-refractivity contribution in [2.45, 2.75) is 32.2 Å². The van der Waals surface area contributed by atoms with E-state index in [0.717, 1.165) is 6.42 Å². The fraction of sp³-hybridized carbons (Fsp3) is 0.579. The number of rotatable bonds is 6. The number of hydrogen-bond donors (Lipinski definition) is 4. The Morgan fingerprint density at radius 3 is 2.50 bits per heavy atom. The molecule has 28 heavy (non-hydrogen) atoms. The molecular weight excluding hydrogens is 367 g/mol. The Bertz CT molecular complexity index is 688. The molecule has 0 atom stereocenters. The van der Waals surface area contributed by atoms with Crippen molar-refractivity contribution in [3.8, 4) is 0 Å². The third kappa shape index (κ3) is 5.32. The fourth-order valence-electron chi connectivity index (χ4n) is 3.19. The molecule has 156 valence electrons. The fourth-order valence-corrected chi connectivity index (χ4v) is 3.19. The normalized spacial score (nSPS) is 15.2. The maximum atomic E-state index is 13.8. The Balaban J connectivity index is 2.18. The summed E-state index contributed by atoms with van der Waals surface area (Å²) in [5.74, 6) is -0.479. The summed E-state index contributed by atoms with van der Waals surface area (Å²) < 4.78 is 13.8. The number of benzene rings is 1. The standard InChI is InChI=1S/C19H29FN4O4/c1-3-19(12-25,13-26)22-18(28)21-16-11-15(20)5-6-17(16)24-8-4-7-23(9-10-24)14(2)27/h5-6,11,25-26H,3-4,7-10,12-13H2,1-2H3,(H2,21,22,28). The highest BCUT2D eigenvalue weighted by Gasteiger charge is 2.29. The van der Waals surface area contributed by atoms with Gasteiger partial charge in [0.2, 0.25) is 5.91 Å². The molecule has 4 N–H and O–H groups in total. The van der Waals surface area contributed by atoms with E-state index in [1.54, 1.807) is 17.9 Å². The maximum absolute atomic E-state index is 13.8. The van der Waals surface area contributed by atoms with E-state index in [9.17, 15) is 24.2 Å². The second-order valence-corrected chi connectivity index (χ2v) is 7.04. The molecule has 0 spiro atoms. The van der Waals surface area contributed by atoms with Crippen LogP contribution in [-0.2, 0) is 4.79 Å². The number of carbonyl (C=O) groups is 2. The number of carbonyl (C=O) groups excluding carboxylic acids is 2. The molecule has 9 heteroatoms. The predicted molar refractivity (Wildman–Crippen MR) is 105 cm³/mol. The van der Waals surface area contributed by atoms with Crippen LogP contribution < -0.4 is 15.5 Å². The van der Waals surface area contributed by atoms with Crippen molar-refractivity contribution in [2.24, 2.45) is 0 Å². The lowest BCUT2D eigenvalue weighted by atomic mass is 9.99. The van der Waals surface area contributed by atoms with Gasteiger partial charge in [0.05, 0.1) is 30.1 Å². The summed E-state index contributed by atoms with van der Waals surface area (Å²) >= 11 is 0. The minimum atomic E-state index is -1.15. The van der Waals surface area contributed by atoms with Gasteiger partial charge in [0.15, 0.2) is 0 Å². The lowest BCUT2D eigenvalue weighted by Crippen LogP contribution is -2.55. The van der Waals surface area contributed by atoms with Crippen LogP contribution in [0.15, 0.2) is 18.2 Å². The molecule has 0 radical (unpaired) electrons. The van der Waals surface area contributed by atoms with Gasteiger partial charge in [0, 0.05) is 33.1 Å². The molecule has 1 saturated heterocycles. The van der Waals surface area contributed by atoms with E-state index in [1.165, 1.54) is 19.1 Å². The van der Waals surface area contributed by atoms with E-state index in [2.05, 4.69) is 10.6 Å². The second-order valence-electron chi connectivity index (χ2n) is 7.04. The number of aliphatic hydroxyl groups is 2. The predicted octanol–water partition coefficient (Wildman–Crippen LogP) is 1.14. The molecule has 0 aromatic heterocycles. The number of nitrogens with zero attached hydrogens (tertiary/aromatic N) is 2. The van der Waals surface area contributed by atoms with Gasteiger partial charge < -0.3 is 30.6 Å². The Morgan fingerprint density at radius 2 is 1.89 bits per heavy atom. The monoisotopic (exact) mass is 396 g/mol. The summed E-state index contributed by atoms with van der Waals surface area (Å²) in [6.45, 7) is 4.86. The van der Waals surface area contributed by atoms with Crippen LogP contribution in [-0.4, -0.2) is 72.0 Å². The number of nitrogens with one attached hydrogen (secondary N) is 2. The smallest absolute Gasteiger partial charge is 0.319 e. The van der Waals surface area contributed by atoms with E-state index in [-0.39, 0.29) is 11.6 Å². The first-order chi connectivity index (χ1) is 13.3. The van der Waals surface area contributed by atoms with Crippen molar-refractivity contribution in [1.29, 1.82) is 0 Å². The molecule has 0 bridgehead atoms. The summed E-state index contributed by atoms with van der Waals surface area (Å²) in [6, 6.07) is 3.51. The number of aliphatic hydroxyl groups excluding tert-OH is 2. The molecule has 0 unspecified atom stereocenters. The van der Waals surface area contributed by atoms with E-state index < -0.39 is 30.6 Å². The lowest BCUT2D eigenvalue weighted by molar-refractivity contribution is -0.128. The van der Waals surface area contributed by atoms with Gasteiger partial charge in [-0.1, -0.05) is 6.92 Å². The minimum absolute atomic E-state index is 0.0163. The molecule has 8 nitrogen and oxygen atoms in total. The summed E-state index contributed by atoms with van der Waals surface area (Å²) in [7, 11) is 0. The minimum Gasteiger partial charge on any atom is -0.394 e. The zero-order valence-electron chi connectivity index (χ0n) is 16.4. The van der Waals surface area contributed by atoms with E-state index in [0.29, 0.717) is 38.3 Å². The first kappa shape index (κ1) is 21.9. The molecule has 1 aliphatic heterocycles. The Kier molecular flexibility index (Phi) is 7.59. The molecule has 1 aromatic rings. The molecule has 0 aliphatic carbocycles. The largest absolute Gasteiger partial charge is 0.394 e. The number of anilines is 2. The lowest BCUT2D eigenvalue weighted by Gasteiger charge is -2.30. The molecule has 1 fully saturated rings. The average Bonchev–Trinajstić information content (AvgIpc) is 2.93. The number of hydrogen-bond acceptors (Lipinski definition) is 5. The Labute approximate surface area is 164 Å². The van der Waals surface area contributed by atoms with Gasteiger partial charge in [-0.25, -0.2) is 9.18 Å². The van der Waals surface area contributed by atoms with Crippen molar-refractivity contribution in [3.05, 3.63) is 24.0 Å². The number of amides is 3. The molecule has 2 rings (SSSR count). The maximum Gasteiger partial charge on any atom is 0.319 e. The van der Waals surface area contributed by atoms with Crippen LogP contribution in [0.5, 0.6) is 0 Å². The topological polar surface area (TPSA) is 105 Å².